The third-order valence-electron chi connectivity index (χ3n) is 2.85. The third-order valence-corrected chi connectivity index (χ3v) is 3.12. The van der Waals surface area contributed by atoms with Gasteiger partial charge in [0.1, 0.15) is 11.5 Å². The smallest absolute Gasteiger partial charge is 0.224 e. The lowest BCUT2D eigenvalue weighted by Gasteiger charge is -2.22. The van der Waals surface area contributed by atoms with Crippen molar-refractivity contribution in [2.75, 3.05) is 24.9 Å². The Hall–Kier alpha value is -1.42. The predicted molar refractivity (Wildman–Crippen MR) is 70.8 cm³/mol. The molecule has 5 heteroatoms. The number of alkyl halides is 1. The minimum absolute atomic E-state index is 0.0127. The fourth-order valence-electron chi connectivity index (χ4n) is 1.97. The Kier molecular flexibility index (Phi) is 4.31. The number of hydrogen-bond donors (Lipinski definition) is 1. The quantitative estimate of drug-likeness (QED) is 0.660. The number of rotatable bonds is 5. The normalized spacial score (nSPS) is 13.8. The van der Waals surface area contributed by atoms with Crippen molar-refractivity contribution in [1.29, 1.82) is 0 Å². The van der Waals surface area contributed by atoms with Crippen molar-refractivity contribution in [3.63, 3.8) is 0 Å². The van der Waals surface area contributed by atoms with E-state index in [0.29, 0.717) is 31.1 Å². The van der Waals surface area contributed by atoms with Crippen molar-refractivity contribution in [2.24, 2.45) is 0 Å². The molecule has 0 bridgehead atoms. The van der Waals surface area contributed by atoms with Gasteiger partial charge in [-0.05, 0) is 25.0 Å². The lowest BCUT2D eigenvalue weighted by Crippen LogP contribution is -2.20. The largest absolute Gasteiger partial charge is 0.495 e. The van der Waals surface area contributed by atoms with E-state index in [2.05, 4.69) is 5.32 Å². The van der Waals surface area contributed by atoms with Crippen LogP contribution in [0.1, 0.15) is 18.4 Å². The first-order valence-electron chi connectivity index (χ1n) is 5.94. The number of ether oxygens (including phenoxy) is 2. The summed E-state index contributed by atoms with van der Waals surface area (Å²) in [5, 5.41) is 2.84. The van der Waals surface area contributed by atoms with E-state index in [9.17, 15) is 4.79 Å². The summed E-state index contributed by atoms with van der Waals surface area (Å²) >= 11 is 5.62. The average molecular weight is 270 g/mol. The SMILES string of the molecule is COc1ccc(OCCCCl)c2c1NC(=O)CC2. The van der Waals surface area contributed by atoms with Crippen LogP contribution in [0.25, 0.3) is 0 Å². The molecule has 1 N–H and O–H groups in total. The lowest BCUT2D eigenvalue weighted by molar-refractivity contribution is -0.116. The summed E-state index contributed by atoms with van der Waals surface area (Å²) in [6, 6.07) is 3.68. The minimum Gasteiger partial charge on any atom is -0.495 e. The Labute approximate surface area is 111 Å². The van der Waals surface area contributed by atoms with Crippen LogP contribution in [-0.4, -0.2) is 25.5 Å². The van der Waals surface area contributed by atoms with Crippen molar-refractivity contribution < 1.29 is 14.3 Å². The standard InChI is InChI=1S/C13H16ClNO3/c1-17-11-5-4-10(18-8-2-7-14)9-3-6-12(16)15-13(9)11/h4-5H,2-3,6-8H2,1H3,(H,15,16). The summed E-state index contributed by atoms with van der Waals surface area (Å²) in [6.45, 7) is 0.580. The Morgan fingerprint density at radius 2 is 2.11 bits per heavy atom. The predicted octanol–water partition coefficient (Wildman–Crippen LogP) is 2.59. The van der Waals surface area contributed by atoms with Crippen LogP contribution in [-0.2, 0) is 11.2 Å². The first-order valence-corrected chi connectivity index (χ1v) is 6.48. The van der Waals surface area contributed by atoms with Gasteiger partial charge in [-0.25, -0.2) is 0 Å². The van der Waals surface area contributed by atoms with E-state index in [1.807, 2.05) is 6.07 Å². The van der Waals surface area contributed by atoms with E-state index in [1.165, 1.54) is 0 Å². The van der Waals surface area contributed by atoms with Gasteiger partial charge in [0.15, 0.2) is 0 Å². The van der Waals surface area contributed by atoms with Gasteiger partial charge in [-0.3, -0.25) is 4.79 Å². The fraction of sp³-hybridized carbons (Fsp3) is 0.462. The zero-order valence-corrected chi connectivity index (χ0v) is 11.0. The molecule has 1 heterocycles. The fourth-order valence-corrected chi connectivity index (χ4v) is 2.08. The number of carbonyl (C=O) groups excluding carboxylic acids is 1. The molecule has 0 saturated carbocycles. The van der Waals surface area contributed by atoms with Gasteiger partial charge in [0.05, 0.1) is 19.4 Å². The number of amides is 1. The summed E-state index contributed by atoms with van der Waals surface area (Å²) in [4.78, 5) is 11.4. The highest BCUT2D eigenvalue weighted by molar-refractivity contribution is 6.17. The molecule has 0 radical (unpaired) electrons. The summed E-state index contributed by atoms with van der Waals surface area (Å²) < 4.78 is 10.9. The maximum absolute atomic E-state index is 11.4. The third kappa shape index (κ3) is 2.70. The van der Waals surface area contributed by atoms with Crippen molar-refractivity contribution in [3.05, 3.63) is 17.7 Å². The number of methoxy groups -OCH3 is 1. The summed E-state index contributed by atoms with van der Waals surface area (Å²) in [5.74, 6) is 2.06. The van der Waals surface area contributed by atoms with Crippen LogP contribution in [0.2, 0.25) is 0 Å². The molecule has 0 aliphatic carbocycles. The molecule has 1 aliphatic heterocycles. The molecule has 2 rings (SSSR count). The number of hydrogen-bond acceptors (Lipinski definition) is 3. The first kappa shape index (κ1) is 13.0. The topological polar surface area (TPSA) is 47.6 Å². The van der Waals surface area contributed by atoms with Crippen molar-refractivity contribution in [3.8, 4) is 11.5 Å². The summed E-state index contributed by atoms with van der Waals surface area (Å²) in [7, 11) is 1.59. The Morgan fingerprint density at radius 1 is 1.33 bits per heavy atom. The van der Waals surface area contributed by atoms with Crippen LogP contribution >= 0.6 is 11.6 Å². The Balaban J connectivity index is 2.26. The highest BCUT2D eigenvalue weighted by Gasteiger charge is 2.22. The van der Waals surface area contributed by atoms with Crippen molar-refractivity contribution in [2.45, 2.75) is 19.3 Å². The van der Waals surface area contributed by atoms with E-state index in [1.54, 1.807) is 13.2 Å². The molecule has 0 aromatic heterocycles. The van der Waals surface area contributed by atoms with E-state index >= 15 is 0 Å². The minimum atomic E-state index is 0.0127. The van der Waals surface area contributed by atoms with Gasteiger partial charge in [0, 0.05) is 17.9 Å². The number of halogens is 1. The van der Waals surface area contributed by atoms with Crippen LogP contribution in [0.4, 0.5) is 5.69 Å². The van der Waals surface area contributed by atoms with Crippen LogP contribution in [0.3, 0.4) is 0 Å². The molecule has 0 spiro atoms. The van der Waals surface area contributed by atoms with Crippen molar-refractivity contribution in [1.82, 2.24) is 0 Å². The number of nitrogens with one attached hydrogen (secondary N) is 1. The van der Waals surface area contributed by atoms with Gasteiger partial charge in [-0.2, -0.15) is 0 Å². The summed E-state index contributed by atoms with van der Waals surface area (Å²) in [6.07, 6.45) is 1.95. The molecular weight excluding hydrogens is 254 g/mol. The highest BCUT2D eigenvalue weighted by Crippen LogP contribution is 2.38. The van der Waals surface area contributed by atoms with Crippen LogP contribution in [0, 0.1) is 0 Å². The molecule has 0 unspecified atom stereocenters. The van der Waals surface area contributed by atoms with Crippen LogP contribution < -0.4 is 14.8 Å². The van der Waals surface area contributed by atoms with Gasteiger partial charge >= 0.3 is 0 Å². The average Bonchev–Trinajstić information content (AvgIpc) is 2.38. The second-order valence-electron chi connectivity index (χ2n) is 4.06. The number of benzene rings is 1. The Morgan fingerprint density at radius 3 is 2.83 bits per heavy atom. The van der Waals surface area contributed by atoms with Crippen molar-refractivity contribution >= 4 is 23.2 Å². The van der Waals surface area contributed by atoms with Gasteiger partial charge in [0.25, 0.3) is 0 Å². The van der Waals surface area contributed by atoms with Gasteiger partial charge < -0.3 is 14.8 Å². The van der Waals surface area contributed by atoms with E-state index < -0.39 is 0 Å². The molecule has 1 aromatic rings. The molecule has 1 aromatic carbocycles. The number of carbonyl (C=O) groups is 1. The molecule has 0 saturated heterocycles. The zero-order chi connectivity index (χ0) is 13.0. The maximum atomic E-state index is 11.4. The second kappa shape index (κ2) is 5.96. The lowest BCUT2D eigenvalue weighted by atomic mass is 10.0. The Bertz CT molecular complexity index is 448. The number of anilines is 1. The molecular formula is C13H16ClNO3. The van der Waals surface area contributed by atoms with Crippen LogP contribution in [0.5, 0.6) is 11.5 Å². The van der Waals surface area contributed by atoms with Gasteiger partial charge in [-0.15, -0.1) is 11.6 Å². The zero-order valence-electron chi connectivity index (χ0n) is 10.3. The molecule has 4 nitrogen and oxygen atoms in total. The number of fused-ring (bicyclic) bond motifs is 1. The molecule has 1 amide bonds. The molecule has 98 valence electrons. The van der Waals surface area contributed by atoms with Crippen LogP contribution in [0.15, 0.2) is 12.1 Å². The monoisotopic (exact) mass is 269 g/mol. The summed E-state index contributed by atoms with van der Waals surface area (Å²) in [5.41, 5.74) is 1.74. The van der Waals surface area contributed by atoms with E-state index in [-0.39, 0.29) is 5.91 Å². The van der Waals surface area contributed by atoms with E-state index in [0.717, 1.165) is 23.4 Å². The second-order valence-corrected chi connectivity index (χ2v) is 4.44. The molecule has 0 fully saturated rings. The maximum Gasteiger partial charge on any atom is 0.224 e. The van der Waals surface area contributed by atoms with Gasteiger partial charge in [0.2, 0.25) is 5.91 Å². The molecule has 1 aliphatic rings. The first-order chi connectivity index (χ1) is 8.76. The molecule has 0 atom stereocenters. The van der Waals surface area contributed by atoms with E-state index in [4.69, 9.17) is 21.1 Å². The highest BCUT2D eigenvalue weighted by atomic mass is 35.5. The van der Waals surface area contributed by atoms with Gasteiger partial charge in [-0.1, -0.05) is 0 Å². The molecule has 18 heavy (non-hydrogen) atoms.